The minimum atomic E-state index is -3.17. The van der Waals surface area contributed by atoms with E-state index in [2.05, 4.69) is 79.6 Å². The quantitative estimate of drug-likeness (QED) is 0.0189. The molecule has 20 heteroatoms. The van der Waals surface area contributed by atoms with Crippen LogP contribution in [0.3, 0.4) is 0 Å². The van der Waals surface area contributed by atoms with Crippen molar-refractivity contribution in [2.24, 2.45) is 11.8 Å². The molecule has 0 saturated carbocycles. The summed E-state index contributed by atoms with van der Waals surface area (Å²) in [5.74, 6) is 1.53. The van der Waals surface area contributed by atoms with E-state index in [9.17, 15) is 24.0 Å². The molecular formula is C72H85N2O15PSi2. The Morgan fingerprint density at radius 3 is 1.35 bits per heavy atom. The van der Waals surface area contributed by atoms with Crippen LogP contribution in [0.1, 0.15) is 106 Å². The van der Waals surface area contributed by atoms with Crippen LogP contribution >= 0.6 is 6.89 Å². The van der Waals surface area contributed by atoms with Gasteiger partial charge in [-0.15, -0.1) is 0 Å². The Morgan fingerprint density at radius 2 is 0.957 bits per heavy atom. The maximum atomic E-state index is 15.1. The minimum absolute atomic E-state index is 0.0252. The van der Waals surface area contributed by atoms with Gasteiger partial charge in [0.1, 0.15) is 12.0 Å². The molecule has 6 aromatic carbocycles. The zero-order valence-corrected chi connectivity index (χ0v) is 57.8. The van der Waals surface area contributed by atoms with Crippen molar-refractivity contribution in [3.05, 3.63) is 175 Å². The third-order valence-corrected chi connectivity index (χ3v) is 31.8. The van der Waals surface area contributed by atoms with Gasteiger partial charge in [-0.25, -0.2) is 4.79 Å². The van der Waals surface area contributed by atoms with E-state index in [1.807, 2.05) is 105 Å². The van der Waals surface area contributed by atoms with E-state index in [0.29, 0.717) is 51.2 Å². The lowest BCUT2D eigenvalue weighted by molar-refractivity contribution is -0.156. The summed E-state index contributed by atoms with van der Waals surface area (Å²) in [6, 6.07) is 44.1. The number of nitrogens with zero attached hydrogens (tertiary/aromatic N) is 1. The second kappa shape index (κ2) is 28.0. The van der Waals surface area contributed by atoms with Crippen LogP contribution in [0.2, 0.25) is 36.3 Å². The van der Waals surface area contributed by atoms with Crippen LogP contribution in [0.25, 0.3) is 0 Å². The lowest BCUT2D eigenvalue weighted by Gasteiger charge is -2.53. The first kappa shape index (κ1) is 68.3. The molecule has 0 bridgehead atoms. The maximum Gasteiger partial charge on any atom is 0.356 e. The maximum absolute atomic E-state index is 15.1. The van der Waals surface area contributed by atoms with E-state index < -0.39 is 47.6 Å². The van der Waals surface area contributed by atoms with Gasteiger partial charge in [-0.05, 0) is 128 Å². The van der Waals surface area contributed by atoms with Crippen LogP contribution in [0, 0.1) is 11.8 Å². The Morgan fingerprint density at radius 1 is 0.576 bits per heavy atom. The molecule has 6 atom stereocenters. The fraction of sp³-hybridized carbons (Fsp3) is 0.375. The van der Waals surface area contributed by atoms with Crippen LogP contribution in [0.4, 0.5) is 0 Å². The monoisotopic (exact) mass is 1300 g/mol. The number of ether oxygens (including phenoxy) is 7. The van der Waals surface area contributed by atoms with Crippen LogP contribution in [0.15, 0.2) is 158 Å². The summed E-state index contributed by atoms with van der Waals surface area (Å²) in [6.45, 7) is 28.1. The van der Waals surface area contributed by atoms with Crippen molar-refractivity contribution in [2.45, 2.75) is 136 Å². The number of Topliss-reactive ketones (excluding diaryl/α,β-unsaturated/α-hetero) is 3. The normalized spacial score (nSPS) is 18.5. The van der Waals surface area contributed by atoms with E-state index in [-0.39, 0.29) is 103 Å². The van der Waals surface area contributed by atoms with Gasteiger partial charge in [-0.1, -0.05) is 145 Å². The smallest absolute Gasteiger partial charge is 0.356 e. The highest BCUT2D eigenvalue weighted by molar-refractivity contribution is 7.96. The third-order valence-electron chi connectivity index (χ3n) is 18.4. The first-order valence-electron chi connectivity index (χ1n) is 31.0. The number of fused-ring (bicyclic) bond motifs is 3. The summed E-state index contributed by atoms with van der Waals surface area (Å²) in [7, 11) is -4.34. The molecule has 0 unspecified atom stereocenters. The number of hydrogen-bond acceptors (Lipinski definition) is 15. The van der Waals surface area contributed by atoms with Crippen LogP contribution in [0.5, 0.6) is 34.5 Å². The molecule has 6 aromatic rings. The molecule has 0 aromatic heterocycles. The molecule has 5 aliphatic heterocycles. The molecule has 0 spiro atoms. The largest absolute Gasteiger partial charge is 0.457 e. The van der Waals surface area contributed by atoms with Crippen molar-refractivity contribution >= 4 is 80.0 Å². The van der Waals surface area contributed by atoms with Crippen molar-refractivity contribution in [3.63, 3.8) is 0 Å². The standard InChI is InChI=1S/C43H48NO7PSi.C20H29NO5Si.C9H8O3/c1-8-26-48-42(47)41(52(32-18-12-9-13-19-32,33-20-14-10-15-21-33)34-22-16-11-17-23-34)44-35(28-36(45)31-24-25-37-38(27-31)50-29-49-37)39(40(44)46)30(2)51-53(6,7)43(3,4)5;1-12(26-27(5,6)20(2,3)4)18-14(21-19(18)23)10-15(22)13-7-8-16-17(9-13)25-11-24-16;1-6(10)7-2-3-8-9(4-7)12-5-11-8/h8-25,27,30,35,39H,1,26,28-29H2,2-7H3;7-9,12,14,18H,10-11H2,1-6H3,(H,21,23);2-4H,5H2,1H3/t30-,35-,39-;12-,14-,18-;/m11./s1. The number of likely N-dealkylation sites (tertiary alicyclic amines) is 1. The number of nitrogens with one attached hydrogen (secondary N) is 1. The molecule has 17 nitrogen and oxygen atoms in total. The van der Waals surface area contributed by atoms with E-state index >= 15 is 4.79 Å². The van der Waals surface area contributed by atoms with E-state index in [4.69, 9.17) is 42.0 Å². The topological polar surface area (TPSA) is 201 Å². The summed E-state index contributed by atoms with van der Waals surface area (Å²) in [4.78, 5) is 81.7. The van der Waals surface area contributed by atoms with E-state index in [0.717, 1.165) is 15.9 Å². The number of hydrogen-bond donors (Lipinski definition) is 1. The lowest BCUT2D eigenvalue weighted by Crippen LogP contribution is -2.69. The highest BCUT2D eigenvalue weighted by atomic mass is 31.2. The number of ketones is 3. The van der Waals surface area contributed by atoms with E-state index in [1.165, 1.54) is 13.0 Å². The Hall–Kier alpha value is -8.07. The fourth-order valence-corrected chi connectivity index (χ4v) is 18.7. The van der Waals surface area contributed by atoms with Crippen molar-refractivity contribution < 1.29 is 70.8 Å². The molecule has 486 valence electrons. The number of rotatable bonds is 20. The first-order chi connectivity index (χ1) is 43.6. The summed E-state index contributed by atoms with van der Waals surface area (Å²) in [5.41, 5.74) is 1.86. The van der Waals surface area contributed by atoms with Crippen molar-refractivity contribution in [1.82, 2.24) is 10.2 Å². The molecule has 2 amide bonds. The molecule has 0 aliphatic carbocycles. The van der Waals surface area contributed by atoms with Crippen LogP contribution in [-0.2, 0) is 28.0 Å². The second-order valence-corrected chi connectivity index (χ2v) is 39.3. The average molecular weight is 1310 g/mol. The van der Waals surface area contributed by atoms with Crippen LogP contribution < -0.4 is 49.7 Å². The average Bonchev–Trinajstić information content (AvgIpc) is 0.813. The predicted molar refractivity (Wildman–Crippen MR) is 362 cm³/mol. The Balaban J connectivity index is 0.000000210. The van der Waals surface area contributed by atoms with Gasteiger partial charge in [-0.2, -0.15) is 0 Å². The number of benzene rings is 6. The molecule has 2 saturated heterocycles. The van der Waals surface area contributed by atoms with Crippen molar-refractivity contribution in [3.8, 4) is 34.5 Å². The number of carbonyl (C=O) groups is 6. The number of amides is 2. The lowest BCUT2D eigenvalue weighted by atomic mass is 9.79. The number of carbonyl (C=O) groups excluding carboxylic acids is 6. The highest BCUT2D eigenvalue weighted by Crippen LogP contribution is 2.51. The van der Waals surface area contributed by atoms with Gasteiger partial charge in [-0.3, -0.25) is 24.0 Å². The number of β-lactam (4-membered cyclic amide) rings is 2. The molecule has 1 N–H and O–H groups in total. The predicted octanol–water partition coefficient (Wildman–Crippen LogP) is 12.2. The van der Waals surface area contributed by atoms with Gasteiger partial charge in [0.05, 0.1) is 36.1 Å². The van der Waals surface area contributed by atoms with Gasteiger partial charge in [0, 0.05) is 36.4 Å². The molecular weight excluding hydrogens is 1220 g/mol. The Bertz CT molecular complexity index is 3690. The number of esters is 1. The van der Waals surface area contributed by atoms with Crippen molar-refractivity contribution in [1.29, 1.82) is 0 Å². The van der Waals surface area contributed by atoms with Crippen LogP contribution in [-0.4, -0.2) is 113 Å². The third kappa shape index (κ3) is 14.4. The summed E-state index contributed by atoms with van der Waals surface area (Å²) in [6.07, 6.45) is 0.963. The zero-order chi connectivity index (χ0) is 66.5. The van der Waals surface area contributed by atoms with Gasteiger partial charge in [0.15, 0.2) is 68.5 Å². The Labute approximate surface area is 542 Å². The SMILES string of the molecule is C=CCOC(=O)C(N1C(=O)[C@H]([C@@H](C)O[Si](C)(C)C(C)(C)C)[C@H]1CC(=O)c1ccc2c(c1)OCO2)=P(c1ccccc1)(c1ccccc1)c1ccccc1.CC(=O)c1ccc2c(c1)OCO2.C[C@@H](O[Si](C)(C)C(C)(C)C)[C@H]1C(=O)N[C@@H]1CC(=O)c1ccc2c(c1)OCO2. The summed E-state index contributed by atoms with van der Waals surface area (Å²) >= 11 is 0. The highest BCUT2D eigenvalue weighted by Gasteiger charge is 2.57. The molecule has 5 heterocycles. The van der Waals surface area contributed by atoms with Gasteiger partial charge >= 0.3 is 5.97 Å². The van der Waals surface area contributed by atoms with E-state index in [1.54, 1.807) is 59.5 Å². The second-order valence-electron chi connectivity index (χ2n) is 26.5. The fourth-order valence-electron chi connectivity index (χ4n) is 11.4. The molecule has 11 rings (SSSR count). The Kier molecular flexibility index (Phi) is 20.8. The molecule has 92 heavy (non-hydrogen) atoms. The van der Waals surface area contributed by atoms with Gasteiger partial charge in [0.25, 0.3) is 0 Å². The van der Waals surface area contributed by atoms with Crippen molar-refractivity contribution in [2.75, 3.05) is 27.0 Å². The minimum Gasteiger partial charge on any atom is -0.457 e. The molecule has 0 radical (unpaired) electrons. The molecule has 2 fully saturated rings. The van der Waals surface area contributed by atoms with Gasteiger partial charge in [0.2, 0.25) is 32.2 Å². The zero-order valence-electron chi connectivity index (χ0n) is 54.9. The molecule has 5 aliphatic rings. The van der Waals surface area contributed by atoms with Gasteiger partial charge < -0.3 is 52.2 Å². The summed E-state index contributed by atoms with van der Waals surface area (Å²) in [5, 5.41) is 5.42. The first-order valence-corrected chi connectivity index (χ1v) is 38.6. The summed E-state index contributed by atoms with van der Waals surface area (Å²) < 4.78 is 51.1.